The molecule has 0 spiro atoms. The lowest BCUT2D eigenvalue weighted by Crippen LogP contribution is -2.12. The molecule has 1 heterocycles. The molecule has 0 saturated carbocycles. The molecule has 0 bridgehead atoms. The summed E-state index contributed by atoms with van der Waals surface area (Å²) in [5.74, 6) is -0.506. The number of hydrogen-bond donors (Lipinski definition) is 0. The van der Waals surface area contributed by atoms with Gasteiger partial charge in [0.15, 0.2) is 6.10 Å². The van der Waals surface area contributed by atoms with Crippen LogP contribution in [-0.2, 0) is 4.74 Å². The fourth-order valence-electron chi connectivity index (χ4n) is 1.33. The molecule has 0 aliphatic heterocycles. The van der Waals surface area contributed by atoms with Crippen LogP contribution in [0.25, 0.3) is 11.0 Å². The fourth-order valence-corrected chi connectivity index (χ4v) is 1.33. The van der Waals surface area contributed by atoms with Crippen LogP contribution in [0.5, 0.6) is 0 Å². The zero-order valence-corrected chi connectivity index (χ0v) is 8.64. The molecule has 2 rings (SSSR count). The number of furan rings is 1. The van der Waals surface area contributed by atoms with E-state index < -0.39 is 12.1 Å². The smallest absolute Gasteiger partial charge is 0.375 e. The third-order valence-corrected chi connectivity index (χ3v) is 2.09. The van der Waals surface area contributed by atoms with Gasteiger partial charge in [0, 0.05) is 5.39 Å². The molecule has 1 atom stereocenters. The lowest BCUT2D eigenvalue weighted by molar-refractivity contribution is 0.0401. The van der Waals surface area contributed by atoms with Gasteiger partial charge in [-0.25, -0.2) is 4.79 Å². The first-order valence-corrected chi connectivity index (χ1v) is 4.80. The Balaban J connectivity index is 2.27. The molecule has 0 amide bonds. The molecular weight excluding hydrogens is 206 g/mol. The number of benzene rings is 1. The molecule has 1 aromatic heterocycles. The highest BCUT2D eigenvalue weighted by Gasteiger charge is 2.15. The summed E-state index contributed by atoms with van der Waals surface area (Å²) in [6, 6.07) is 10.7. The second kappa shape index (κ2) is 4.07. The van der Waals surface area contributed by atoms with Crippen LogP contribution in [-0.4, -0.2) is 12.1 Å². The molecule has 0 fully saturated rings. The van der Waals surface area contributed by atoms with Gasteiger partial charge in [-0.05, 0) is 19.1 Å². The molecule has 0 N–H and O–H groups in total. The van der Waals surface area contributed by atoms with Crippen molar-refractivity contribution < 1.29 is 13.9 Å². The van der Waals surface area contributed by atoms with Gasteiger partial charge in [-0.15, -0.1) is 0 Å². The van der Waals surface area contributed by atoms with Crippen molar-refractivity contribution in [1.82, 2.24) is 0 Å². The largest absolute Gasteiger partial charge is 0.449 e. The van der Waals surface area contributed by atoms with Crippen molar-refractivity contribution in [2.75, 3.05) is 0 Å². The topological polar surface area (TPSA) is 63.2 Å². The van der Waals surface area contributed by atoms with Crippen LogP contribution in [0.3, 0.4) is 0 Å². The minimum absolute atomic E-state index is 0.114. The van der Waals surface area contributed by atoms with E-state index in [0.29, 0.717) is 5.58 Å². The summed E-state index contributed by atoms with van der Waals surface area (Å²) in [7, 11) is 0. The van der Waals surface area contributed by atoms with Crippen LogP contribution in [0.2, 0.25) is 0 Å². The van der Waals surface area contributed by atoms with Crippen molar-refractivity contribution in [2.24, 2.45) is 0 Å². The summed E-state index contributed by atoms with van der Waals surface area (Å²) < 4.78 is 10.1. The number of para-hydroxylation sites is 1. The predicted octanol–water partition coefficient (Wildman–Crippen LogP) is 2.50. The Morgan fingerprint density at radius 1 is 1.50 bits per heavy atom. The number of nitriles is 1. The second-order valence-electron chi connectivity index (χ2n) is 3.33. The van der Waals surface area contributed by atoms with Gasteiger partial charge in [0.1, 0.15) is 11.7 Å². The second-order valence-corrected chi connectivity index (χ2v) is 3.33. The zero-order valence-electron chi connectivity index (χ0n) is 8.64. The average Bonchev–Trinajstić information content (AvgIpc) is 2.72. The van der Waals surface area contributed by atoms with E-state index >= 15 is 0 Å². The number of ether oxygens (including phenoxy) is 1. The quantitative estimate of drug-likeness (QED) is 0.722. The molecule has 4 heteroatoms. The first-order valence-electron chi connectivity index (χ1n) is 4.80. The van der Waals surface area contributed by atoms with Crippen molar-refractivity contribution >= 4 is 16.9 Å². The number of hydrogen-bond acceptors (Lipinski definition) is 4. The van der Waals surface area contributed by atoms with Gasteiger partial charge in [0.05, 0.1) is 0 Å². The van der Waals surface area contributed by atoms with Gasteiger partial charge < -0.3 is 9.15 Å². The van der Waals surface area contributed by atoms with E-state index in [4.69, 9.17) is 14.4 Å². The first-order chi connectivity index (χ1) is 7.70. The number of esters is 1. The standard InChI is InChI=1S/C12H9NO3/c1-8(7-13)15-12(14)11-6-9-4-2-3-5-10(9)16-11/h2-6,8H,1H3. The molecule has 1 aromatic carbocycles. The highest BCUT2D eigenvalue weighted by Crippen LogP contribution is 2.19. The minimum Gasteiger partial charge on any atom is -0.449 e. The van der Waals surface area contributed by atoms with Crippen molar-refractivity contribution in [2.45, 2.75) is 13.0 Å². The lowest BCUT2D eigenvalue weighted by atomic mass is 10.2. The summed E-state index contributed by atoms with van der Waals surface area (Å²) in [6.07, 6.45) is -0.777. The Morgan fingerprint density at radius 2 is 2.25 bits per heavy atom. The van der Waals surface area contributed by atoms with E-state index in [-0.39, 0.29) is 5.76 Å². The minimum atomic E-state index is -0.777. The number of nitrogens with zero attached hydrogens (tertiary/aromatic N) is 1. The molecule has 2 aromatic rings. The number of carbonyl (C=O) groups excluding carboxylic acids is 1. The molecule has 80 valence electrons. The van der Waals surface area contributed by atoms with Crippen LogP contribution in [0.15, 0.2) is 34.7 Å². The van der Waals surface area contributed by atoms with Gasteiger partial charge in [0.2, 0.25) is 5.76 Å². The van der Waals surface area contributed by atoms with Gasteiger partial charge in [-0.1, -0.05) is 18.2 Å². The third-order valence-electron chi connectivity index (χ3n) is 2.09. The van der Waals surface area contributed by atoms with E-state index in [1.807, 2.05) is 24.3 Å². The molecule has 16 heavy (non-hydrogen) atoms. The summed E-state index contributed by atoms with van der Waals surface area (Å²) in [5, 5.41) is 9.34. The van der Waals surface area contributed by atoms with E-state index in [1.165, 1.54) is 6.92 Å². The molecular formula is C12H9NO3. The van der Waals surface area contributed by atoms with Crippen molar-refractivity contribution in [3.8, 4) is 6.07 Å². The Bertz CT molecular complexity index is 532. The van der Waals surface area contributed by atoms with Crippen LogP contribution in [0, 0.1) is 11.3 Å². The Hall–Kier alpha value is -2.28. The highest BCUT2D eigenvalue weighted by molar-refractivity contribution is 5.92. The number of rotatable bonds is 2. The van der Waals surface area contributed by atoms with Gasteiger partial charge in [-0.2, -0.15) is 5.26 Å². The molecule has 0 radical (unpaired) electrons. The third kappa shape index (κ3) is 1.89. The highest BCUT2D eigenvalue weighted by atomic mass is 16.6. The van der Waals surface area contributed by atoms with Crippen LogP contribution >= 0.6 is 0 Å². The SMILES string of the molecule is CC(C#N)OC(=O)c1cc2ccccc2o1. The van der Waals surface area contributed by atoms with Crippen LogP contribution in [0.4, 0.5) is 0 Å². The van der Waals surface area contributed by atoms with Gasteiger partial charge >= 0.3 is 5.97 Å². The maximum absolute atomic E-state index is 11.5. The van der Waals surface area contributed by atoms with Crippen LogP contribution < -0.4 is 0 Å². The zero-order chi connectivity index (χ0) is 11.5. The fraction of sp³-hybridized carbons (Fsp3) is 0.167. The molecule has 0 aliphatic carbocycles. The molecule has 0 aliphatic rings. The van der Waals surface area contributed by atoms with Gasteiger partial charge in [0.25, 0.3) is 0 Å². The molecule has 4 nitrogen and oxygen atoms in total. The Morgan fingerprint density at radius 3 is 2.94 bits per heavy atom. The monoisotopic (exact) mass is 215 g/mol. The summed E-state index contributed by atoms with van der Waals surface area (Å²) in [5.41, 5.74) is 0.624. The van der Waals surface area contributed by atoms with Gasteiger partial charge in [-0.3, -0.25) is 0 Å². The Kier molecular flexibility index (Phi) is 2.61. The van der Waals surface area contributed by atoms with E-state index in [9.17, 15) is 4.79 Å². The lowest BCUT2D eigenvalue weighted by Gasteiger charge is -2.02. The van der Waals surface area contributed by atoms with E-state index in [0.717, 1.165) is 5.39 Å². The predicted molar refractivity (Wildman–Crippen MR) is 56.7 cm³/mol. The first kappa shape index (κ1) is 10.2. The maximum atomic E-state index is 11.5. The van der Waals surface area contributed by atoms with Crippen molar-refractivity contribution in [1.29, 1.82) is 5.26 Å². The normalized spacial score (nSPS) is 12.0. The average molecular weight is 215 g/mol. The summed E-state index contributed by atoms with van der Waals surface area (Å²) in [4.78, 5) is 11.5. The molecule has 0 saturated heterocycles. The van der Waals surface area contributed by atoms with Crippen LogP contribution in [0.1, 0.15) is 17.5 Å². The number of fused-ring (bicyclic) bond motifs is 1. The Labute approximate surface area is 92.0 Å². The summed E-state index contributed by atoms with van der Waals surface area (Å²) >= 11 is 0. The molecule has 1 unspecified atom stereocenters. The maximum Gasteiger partial charge on any atom is 0.375 e. The van der Waals surface area contributed by atoms with E-state index in [1.54, 1.807) is 12.1 Å². The number of carbonyl (C=O) groups is 1. The van der Waals surface area contributed by atoms with E-state index in [2.05, 4.69) is 0 Å². The summed E-state index contributed by atoms with van der Waals surface area (Å²) in [6.45, 7) is 1.50. The van der Waals surface area contributed by atoms with Crippen molar-refractivity contribution in [3.05, 3.63) is 36.1 Å². The van der Waals surface area contributed by atoms with Crippen molar-refractivity contribution in [3.63, 3.8) is 0 Å².